The van der Waals surface area contributed by atoms with Crippen LogP contribution in [0, 0.1) is 11.8 Å². The van der Waals surface area contributed by atoms with Crippen molar-refractivity contribution < 1.29 is 0 Å². The third kappa shape index (κ3) is 3.59. The molecule has 3 aromatic heterocycles. The van der Waals surface area contributed by atoms with E-state index < -0.39 is 0 Å². The number of anilines is 2. The van der Waals surface area contributed by atoms with Gasteiger partial charge in [-0.1, -0.05) is 6.92 Å². The van der Waals surface area contributed by atoms with Crippen molar-refractivity contribution in [2.24, 2.45) is 0 Å². The van der Waals surface area contributed by atoms with Crippen molar-refractivity contribution in [2.75, 3.05) is 18.4 Å². The summed E-state index contributed by atoms with van der Waals surface area (Å²) in [6.07, 6.45) is 9.58. The van der Waals surface area contributed by atoms with Gasteiger partial charge in [-0.3, -0.25) is 14.9 Å². The first-order valence-corrected chi connectivity index (χ1v) is 10.6. The van der Waals surface area contributed by atoms with Gasteiger partial charge in [0.1, 0.15) is 17.3 Å². The lowest BCUT2D eigenvalue weighted by atomic mass is 10.0. The second kappa shape index (κ2) is 7.50. The number of rotatable bonds is 6. The molecule has 1 atom stereocenters. The number of piperidine rings is 1. The van der Waals surface area contributed by atoms with Gasteiger partial charge in [-0.05, 0) is 50.7 Å². The Bertz CT molecular complexity index is 1010. The predicted octanol–water partition coefficient (Wildman–Crippen LogP) is 3.84. The molecule has 1 saturated heterocycles. The number of nitrogens with zero attached hydrogens (tertiary/aromatic N) is 5. The quantitative estimate of drug-likeness (QED) is 0.438. The average molecular weight is 392 g/mol. The molecule has 2 fully saturated rings. The summed E-state index contributed by atoms with van der Waals surface area (Å²) in [6, 6.07) is 6.01. The maximum Gasteiger partial charge on any atom is 0.216 e. The maximum absolute atomic E-state index is 8.79. The zero-order valence-electron chi connectivity index (χ0n) is 16.7. The largest absolute Gasteiger partial charge is 0.360 e. The first-order valence-electron chi connectivity index (χ1n) is 10.6. The van der Waals surface area contributed by atoms with E-state index in [9.17, 15) is 0 Å². The van der Waals surface area contributed by atoms with Gasteiger partial charge in [0.2, 0.25) is 5.95 Å². The lowest BCUT2D eigenvalue weighted by molar-refractivity contribution is 0.368. The highest BCUT2D eigenvalue weighted by Crippen LogP contribution is 2.39. The summed E-state index contributed by atoms with van der Waals surface area (Å²) in [5, 5.41) is 19.7. The van der Waals surface area contributed by atoms with Gasteiger partial charge in [0, 0.05) is 37.0 Å². The Morgan fingerprint density at radius 1 is 1.31 bits per heavy atom. The molecule has 8 heteroatoms. The number of hydrogen-bond donors (Lipinski definition) is 3. The van der Waals surface area contributed by atoms with Gasteiger partial charge in [-0.2, -0.15) is 10.1 Å². The lowest BCUT2D eigenvalue weighted by Crippen LogP contribution is -2.39. The van der Waals surface area contributed by atoms with E-state index in [1.807, 2.05) is 22.7 Å². The highest BCUT2D eigenvalue weighted by Gasteiger charge is 2.27. The molecule has 0 aromatic carbocycles. The van der Waals surface area contributed by atoms with Crippen LogP contribution in [0.15, 0.2) is 24.4 Å². The third-order valence-electron chi connectivity index (χ3n) is 5.86. The number of likely N-dealkylation sites (tertiary alicyclic amines) is 1. The predicted molar refractivity (Wildman–Crippen MR) is 113 cm³/mol. The lowest BCUT2D eigenvalue weighted by Gasteiger charge is -2.32. The van der Waals surface area contributed by atoms with Gasteiger partial charge < -0.3 is 10.2 Å². The van der Waals surface area contributed by atoms with Crippen LogP contribution in [0.1, 0.15) is 62.4 Å². The number of nitrogens with one attached hydrogen (secondary N) is 3. The van der Waals surface area contributed by atoms with E-state index in [0.29, 0.717) is 23.5 Å². The van der Waals surface area contributed by atoms with Crippen LogP contribution >= 0.6 is 0 Å². The van der Waals surface area contributed by atoms with Crippen LogP contribution < -0.4 is 5.32 Å². The molecule has 3 aromatic rings. The van der Waals surface area contributed by atoms with Crippen molar-refractivity contribution in [3.05, 3.63) is 42.3 Å². The van der Waals surface area contributed by atoms with Crippen molar-refractivity contribution in [1.29, 1.82) is 5.41 Å². The zero-order chi connectivity index (χ0) is 19.8. The Kier molecular flexibility index (Phi) is 4.69. The second-order valence-corrected chi connectivity index (χ2v) is 7.95. The number of aromatic nitrogens is 5. The molecule has 2 aliphatic rings. The van der Waals surface area contributed by atoms with E-state index in [0.717, 1.165) is 43.8 Å². The van der Waals surface area contributed by atoms with E-state index in [1.54, 1.807) is 0 Å². The highest BCUT2D eigenvalue weighted by atomic mass is 15.3. The Balaban J connectivity index is 1.46. The number of amidine groups is 1. The van der Waals surface area contributed by atoms with E-state index in [2.05, 4.69) is 39.8 Å². The molecule has 3 N–H and O–H groups in total. The summed E-state index contributed by atoms with van der Waals surface area (Å²) < 4.78 is 1.93. The van der Waals surface area contributed by atoms with Crippen LogP contribution in [0.3, 0.4) is 0 Å². The Morgan fingerprint density at radius 3 is 2.90 bits per heavy atom. The summed E-state index contributed by atoms with van der Waals surface area (Å²) in [4.78, 5) is 11.8. The molecule has 1 aliphatic heterocycles. The van der Waals surface area contributed by atoms with E-state index in [-0.39, 0.29) is 5.92 Å². The molecule has 0 amide bonds. The molecule has 1 radical (unpaired) electrons. The molecule has 29 heavy (non-hydrogen) atoms. The summed E-state index contributed by atoms with van der Waals surface area (Å²) in [6.45, 7) is 3.92. The maximum atomic E-state index is 8.79. The highest BCUT2D eigenvalue weighted by molar-refractivity contribution is 5.85. The van der Waals surface area contributed by atoms with Crippen molar-refractivity contribution >= 4 is 23.2 Å². The van der Waals surface area contributed by atoms with Crippen molar-refractivity contribution in [2.45, 2.75) is 50.9 Å². The fourth-order valence-electron chi connectivity index (χ4n) is 4.02. The van der Waals surface area contributed by atoms with Crippen molar-refractivity contribution in [3.8, 4) is 0 Å². The van der Waals surface area contributed by atoms with E-state index in [1.165, 1.54) is 18.5 Å². The zero-order valence-corrected chi connectivity index (χ0v) is 16.7. The molecule has 8 nitrogen and oxygen atoms in total. The molecule has 0 unspecified atom stereocenters. The van der Waals surface area contributed by atoms with Crippen LogP contribution in [0.2, 0.25) is 0 Å². The molecule has 1 aliphatic carbocycles. The van der Waals surface area contributed by atoms with Crippen LogP contribution in [0.25, 0.3) is 5.65 Å². The standard InChI is InChI=1S/C21H27N8/c1-2-15(19(22)28-10-4-3-5-11-28)20-24-18-7-6-12-29(18)21(25-20)23-17-13-16(26-27-17)14-8-9-14/h3,6-7,12-15,22H,2,4-5,8-11H2,1H3,(H2,23,24,25,26,27)/t15-/m0/s1. The molecule has 4 heterocycles. The minimum Gasteiger partial charge on any atom is -0.360 e. The first kappa shape index (κ1) is 18.1. The summed E-state index contributed by atoms with van der Waals surface area (Å²) in [5.41, 5.74) is 2.01. The Labute approximate surface area is 170 Å². The van der Waals surface area contributed by atoms with Crippen LogP contribution in [0.5, 0.6) is 0 Å². The fraction of sp³-hybridized carbons (Fsp3) is 0.476. The number of hydrogen-bond acceptors (Lipinski definition) is 5. The van der Waals surface area contributed by atoms with Gasteiger partial charge in [-0.15, -0.1) is 0 Å². The number of H-pyrrole nitrogens is 1. The molecular formula is C21H27N8. The number of fused-ring (bicyclic) bond motifs is 1. The SMILES string of the molecule is CC[C@@H](C(=N)N1CC[CH]CC1)c1nc(Nc2cc(C3CC3)[nH]n2)n2cccc2n1. The summed E-state index contributed by atoms with van der Waals surface area (Å²) in [7, 11) is 0. The second-order valence-electron chi connectivity index (χ2n) is 7.95. The molecule has 0 spiro atoms. The monoisotopic (exact) mass is 391 g/mol. The average Bonchev–Trinajstić information content (AvgIpc) is 3.30. The molecule has 1 saturated carbocycles. The molecule has 0 bridgehead atoms. The van der Waals surface area contributed by atoms with E-state index in [4.69, 9.17) is 15.4 Å². The third-order valence-corrected chi connectivity index (χ3v) is 5.86. The summed E-state index contributed by atoms with van der Waals surface area (Å²) >= 11 is 0. The molecule has 151 valence electrons. The van der Waals surface area contributed by atoms with Gasteiger partial charge in [-0.25, -0.2) is 4.98 Å². The Hall–Kier alpha value is -2.90. The topological polar surface area (TPSA) is 98.0 Å². The summed E-state index contributed by atoms with van der Waals surface area (Å²) in [5.74, 6) is 3.27. The van der Waals surface area contributed by atoms with E-state index >= 15 is 0 Å². The smallest absolute Gasteiger partial charge is 0.216 e. The van der Waals surface area contributed by atoms with Gasteiger partial charge >= 0.3 is 0 Å². The van der Waals surface area contributed by atoms with Crippen molar-refractivity contribution in [1.82, 2.24) is 29.5 Å². The molecular weight excluding hydrogens is 364 g/mol. The van der Waals surface area contributed by atoms with Crippen molar-refractivity contribution in [3.63, 3.8) is 0 Å². The van der Waals surface area contributed by atoms with Crippen LogP contribution in [-0.2, 0) is 0 Å². The van der Waals surface area contributed by atoms with Gasteiger partial charge in [0.15, 0.2) is 5.82 Å². The Morgan fingerprint density at radius 2 is 2.14 bits per heavy atom. The number of aromatic amines is 1. The normalized spacial score (nSPS) is 18.2. The fourth-order valence-corrected chi connectivity index (χ4v) is 4.02. The van der Waals surface area contributed by atoms with Crippen LogP contribution in [-0.4, -0.2) is 48.4 Å². The van der Waals surface area contributed by atoms with Gasteiger partial charge in [0.05, 0.1) is 5.92 Å². The van der Waals surface area contributed by atoms with Gasteiger partial charge in [0.25, 0.3) is 0 Å². The van der Waals surface area contributed by atoms with Crippen LogP contribution in [0.4, 0.5) is 11.8 Å². The minimum atomic E-state index is -0.116. The minimum absolute atomic E-state index is 0.116. The molecule has 5 rings (SSSR count). The first-order chi connectivity index (χ1) is 14.2.